The summed E-state index contributed by atoms with van der Waals surface area (Å²) in [7, 11) is -3.26. The van der Waals surface area contributed by atoms with Gasteiger partial charge in [-0.25, -0.2) is 8.42 Å². The average molecular weight is 372 g/mol. The first-order valence-corrected chi connectivity index (χ1v) is 9.55. The van der Waals surface area contributed by atoms with Gasteiger partial charge < -0.3 is 5.32 Å². The zero-order valence-corrected chi connectivity index (χ0v) is 14.6. The fourth-order valence-corrected chi connectivity index (χ4v) is 4.10. The number of anilines is 1. The Labute approximate surface area is 150 Å². The summed E-state index contributed by atoms with van der Waals surface area (Å²) in [6.45, 7) is 0.559. The molecule has 126 valence electrons. The molecule has 0 fully saturated rings. The van der Waals surface area contributed by atoms with Gasteiger partial charge in [0.2, 0.25) is 0 Å². The minimum Gasteiger partial charge on any atom is -0.381 e. The second-order valence-corrected chi connectivity index (χ2v) is 7.97. The Morgan fingerprint density at radius 3 is 2.72 bits per heavy atom. The Bertz CT molecular complexity index is 1070. The largest absolute Gasteiger partial charge is 0.381 e. The summed E-state index contributed by atoms with van der Waals surface area (Å²) in [5.74, 6) is 0. The summed E-state index contributed by atoms with van der Waals surface area (Å²) in [5, 5.41) is 12.4. The van der Waals surface area contributed by atoms with Crippen LogP contribution in [0.4, 0.5) is 5.69 Å². The van der Waals surface area contributed by atoms with Crippen molar-refractivity contribution in [2.24, 2.45) is 0 Å². The minimum absolute atomic E-state index is 0.350. The van der Waals surface area contributed by atoms with Gasteiger partial charge in [0.15, 0.2) is 9.84 Å². The second kappa shape index (κ2) is 6.06. The summed E-state index contributed by atoms with van der Waals surface area (Å²) in [6.07, 6.45) is 3.39. The van der Waals surface area contributed by atoms with Crippen molar-refractivity contribution in [1.82, 2.24) is 10.2 Å². The van der Waals surface area contributed by atoms with Crippen molar-refractivity contribution in [3.05, 3.63) is 70.2 Å². The number of rotatable bonds is 4. The summed E-state index contributed by atoms with van der Waals surface area (Å²) >= 11 is 5.93. The third-order valence-corrected chi connectivity index (χ3v) is 5.81. The zero-order chi connectivity index (χ0) is 17.4. The van der Waals surface area contributed by atoms with Crippen LogP contribution in [0.1, 0.15) is 11.1 Å². The first-order chi connectivity index (χ1) is 12.0. The molecule has 1 aliphatic heterocycles. The third-order valence-electron chi connectivity index (χ3n) is 4.08. The van der Waals surface area contributed by atoms with Crippen LogP contribution in [0.5, 0.6) is 0 Å². The SMILES string of the molecule is O=S1(=O)C=Cc2cc(NCc3cn[nH]c3-c3ccc(Cl)cc3)ccc21. The van der Waals surface area contributed by atoms with E-state index in [1.807, 2.05) is 30.3 Å². The van der Waals surface area contributed by atoms with Gasteiger partial charge in [-0.2, -0.15) is 5.10 Å². The van der Waals surface area contributed by atoms with E-state index < -0.39 is 9.84 Å². The molecule has 25 heavy (non-hydrogen) atoms. The van der Waals surface area contributed by atoms with Crippen LogP contribution in [0.3, 0.4) is 0 Å². The third kappa shape index (κ3) is 3.06. The summed E-state index contributed by atoms with van der Waals surface area (Å²) in [6, 6.07) is 12.8. The number of halogens is 1. The van der Waals surface area contributed by atoms with E-state index in [1.54, 1.807) is 24.4 Å². The smallest absolute Gasteiger partial charge is 0.200 e. The van der Waals surface area contributed by atoms with Gasteiger partial charge in [0.05, 0.1) is 16.8 Å². The topological polar surface area (TPSA) is 74.8 Å². The molecule has 0 unspecified atom stereocenters. The summed E-state index contributed by atoms with van der Waals surface area (Å²) in [5.41, 5.74) is 4.49. The number of sulfone groups is 1. The predicted octanol–water partition coefficient (Wildman–Crippen LogP) is 4.10. The van der Waals surface area contributed by atoms with E-state index >= 15 is 0 Å². The second-order valence-electron chi connectivity index (χ2n) is 5.73. The molecule has 0 amide bonds. The molecule has 1 aliphatic rings. The Morgan fingerprint density at radius 1 is 1.12 bits per heavy atom. The molecule has 5 nitrogen and oxygen atoms in total. The molecule has 0 radical (unpaired) electrons. The number of aromatic nitrogens is 2. The van der Waals surface area contributed by atoms with Gasteiger partial charge in [0.25, 0.3) is 0 Å². The molecular formula is C18H14ClN3O2S. The van der Waals surface area contributed by atoms with Crippen molar-refractivity contribution in [2.45, 2.75) is 11.4 Å². The highest BCUT2D eigenvalue weighted by Crippen LogP contribution is 2.29. The fourth-order valence-electron chi connectivity index (χ4n) is 2.79. The number of nitrogens with zero attached hydrogens (tertiary/aromatic N) is 1. The maximum Gasteiger partial charge on any atom is 0.200 e. The van der Waals surface area contributed by atoms with Crippen molar-refractivity contribution in [1.29, 1.82) is 0 Å². The predicted molar refractivity (Wildman–Crippen MR) is 99.0 cm³/mol. The van der Waals surface area contributed by atoms with E-state index in [9.17, 15) is 8.42 Å². The Hall–Kier alpha value is -2.57. The van der Waals surface area contributed by atoms with E-state index in [1.165, 1.54) is 5.41 Å². The van der Waals surface area contributed by atoms with Crippen LogP contribution in [0.15, 0.2) is 59.0 Å². The van der Waals surface area contributed by atoms with Crippen molar-refractivity contribution >= 4 is 33.2 Å². The summed E-state index contributed by atoms with van der Waals surface area (Å²) < 4.78 is 23.6. The molecule has 3 aromatic rings. The Kier molecular flexibility index (Phi) is 3.86. The van der Waals surface area contributed by atoms with Gasteiger partial charge in [-0.15, -0.1) is 0 Å². The molecule has 0 saturated heterocycles. The lowest BCUT2D eigenvalue weighted by Gasteiger charge is -2.09. The van der Waals surface area contributed by atoms with Gasteiger partial charge in [-0.1, -0.05) is 23.7 Å². The first kappa shape index (κ1) is 15.9. The lowest BCUT2D eigenvalue weighted by molar-refractivity contribution is 0.605. The highest BCUT2D eigenvalue weighted by molar-refractivity contribution is 7.94. The normalized spacial score (nSPS) is 14.4. The van der Waals surface area contributed by atoms with Crippen LogP contribution in [-0.2, 0) is 16.4 Å². The van der Waals surface area contributed by atoms with Crippen molar-refractivity contribution < 1.29 is 8.42 Å². The molecule has 2 N–H and O–H groups in total. The lowest BCUT2D eigenvalue weighted by Crippen LogP contribution is -2.01. The van der Waals surface area contributed by atoms with E-state index in [2.05, 4.69) is 15.5 Å². The Balaban J connectivity index is 1.55. The molecular weight excluding hydrogens is 358 g/mol. The van der Waals surface area contributed by atoms with Crippen LogP contribution >= 0.6 is 11.6 Å². The number of benzene rings is 2. The van der Waals surface area contributed by atoms with E-state index in [4.69, 9.17) is 11.6 Å². The molecule has 2 heterocycles. The van der Waals surface area contributed by atoms with Gasteiger partial charge in [0.1, 0.15) is 0 Å². The first-order valence-electron chi connectivity index (χ1n) is 7.62. The monoisotopic (exact) mass is 371 g/mol. The Morgan fingerprint density at radius 2 is 1.92 bits per heavy atom. The highest BCUT2D eigenvalue weighted by Gasteiger charge is 2.20. The molecule has 7 heteroatoms. The maximum atomic E-state index is 11.8. The number of hydrogen-bond acceptors (Lipinski definition) is 4. The van der Waals surface area contributed by atoms with Crippen molar-refractivity contribution in [3.8, 4) is 11.3 Å². The van der Waals surface area contributed by atoms with E-state index in [0.717, 1.165) is 22.5 Å². The minimum atomic E-state index is -3.26. The van der Waals surface area contributed by atoms with Crippen molar-refractivity contribution in [3.63, 3.8) is 0 Å². The van der Waals surface area contributed by atoms with Crippen molar-refractivity contribution in [2.75, 3.05) is 5.32 Å². The number of nitrogens with one attached hydrogen (secondary N) is 2. The molecule has 4 rings (SSSR count). The molecule has 0 saturated carbocycles. The van der Waals surface area contributed by atoms with Gasteiger partial charge in [-0.05, 0) is 47.5 Å². The highest BCUT2D eigenvalue weighted by atomic mass is 35.5. The molecule has 1 aromatic heterocycles. The van der Waals surface area contributed by atoms with Crippen LogP contribution in [0.25, 0.3) is 17.3 Å². The lowest BCUT2D eigenvalue weighted by atomic mass is 10.1. The maximum absolute atomic E-state index is 11.8. The van der Waals surface area contributed by atoms with E-state index in [-0.39, 0.29) is 0 Å². The van der Waals surface area contributed by atoms with Gasteiger partial charge in [-0.3, -0.25) is 5.10 Å². The standard InChI is InChI=1S/C18H14ClN3O2S/c19-15-3-1-12(2-4-15)18-14(11-21-22-18)10-20-16-5-6-17-13(9-16)7-8-25(17,23)24/h1-9,11,20H,10H2,(H,21,22). The number of hydrogen-bond donors (Lipinski definition) is 2. The summed E-state index contributed by atoms with van der Waals surface area (Å²) in [4.78, 5) is 0.350. The quantitative estimate of drug-likeness (QED) is 0.724. The fraction of sp³-hybridized carbons (Fsp3) is 0.0556. The van der Waals surface area contributed by atoms with Gasteiger partial charge in [0, 0.05) is 28.2 Å². The number of fused-ring (bicyclic) bond motifs is 1. The molecule has 2 aromatic carbocycles. The molecule has 0 atom stereocenters. The number of aromatic amines is 1. The van der Waals surface area contributed by atoms with Crippen LogP contribution in [0, 0.1) is 0 Å². The van der Waals surface area contributed by atoms with Gasteiger partial charge >= 0.3 is 0 Å². The molecule has 0 bridgehead atoms. The van der Waals surface area contributed by atoms with Crippen LogP contribution in [0.2, 0.25) is 5.02 Å². The van der Waals surface area contributed by atoms with Crippen LogP contribution < -0.4 is 5.32 Å². The average Bonchev–Trinajstić information content (AvgIpc) is 3.18. The molecule has 0 aliphatic carbocycles. The van der Waals surface area contributed by atoms with E-state index in [0.29, 0.717) is 22.0 Å². The zero-order valence-electron chi connectivity index (χ0n) is 13.0. The molecule has 0 spiro atoms. The van der Waals surface area contributed by atoms with Crippen LogP contribution in [-0.4, -0.2) is 18.6 Å². The number of H-pyrrole nitrogens is 1.